The number of benzene rings is 1. The van der Waals surface area contributed by atoms with Gasteiger partial charge in [-0.3, -0.25) is 0 Å². The van der Waals surface area contributed by atoms with E-state index in [1.807, 2.05) is 30.3 Å². The summed E-state index contributed by atoms with van der Waals surface area (Å²) in [5.41, 5.74) is 1.40. The standard InChI is InChI=1S/C17H18N2/c1-3-15-9-13(2)10-16(17(15,11-18)12-19)14-7-5-4-6-8-14/h4-8,10,15-16H,3,9H2,1-2H3/t15-,16+/m1/s1. The second-order valence-corrected chi connectivity index (χ2v) is 5.30. The van der Waals surface area contributed by atoms with Crippen LogP contribution in [0.15, 0.2) is 42.0 Å². The molecule has 0 spiro atoms. The van der Waals surface area contributed by atoms with E-state index in [-0.39, 0.29) is 11.8 Å². The Morgan fingerprint density at radius 2 is 1.84 bits per heavy atom. The van der Waals surface area contributed by atoms with Crippen LogP contribution in [0.4, 0.5) is 0 Å². The summed E-state index contributed by atoms with van der Waals surface area (Å²) in [6.45, 7) is 4.16. The number of allylic oxidation sites excluding steroid dienone is 2. The van der Waals surface area contributed by atoms with Gasteiger partial charge in [0, 0.05) is 5.92 Å². The highest BCUT2D eigenvalue weighted by Crippen LogP contribution is 2.50. The van der Waals surface area contributed by atoms with E-state index < -0.39 is 5.41 Å². The van der Waals surface area contributed by atoms with Gasteiger partial charge in [-0.25, -0.2) is 0 Å². The van der Waals surface area contributed by atoms with E-state index in [1.165, 1.54) is 5.57 Å². The van der Waals surface area contributed by atoms with Crippen LogP contribution in [-0.4, -0.2) is 0 Å². The highest BCUT2D eigenvalue weighted by Gasteiger charge is 2.47. The summed E-state index contributed by atoms with van der Waals surface area (Å²) in [6.07, 6.45) is 3.81. The van der Waals surface area contributed by atoms with Crippen molar-refractivity contribution in [2.75, 3.05) is 0 Å². The molecule has 1 aromatic carbocycles. The first-order valence-electron chi connectivity index (χ1n) is 6.72. The molecule has 0 radical (unpaired) electrons. The van der Waals surface area contributed by atoms with E-state index in [4.69, 9.17) is 0 Å². The van der Waals surface area contributed by atoms with Crippen molar-refractivity contribution in [3.05, 3.63) is 47.5 Å². The molecular weight excluding hydrogens is 232 g/mol. The van der Waals surface area contributed by atoms with Gasteiger partial charge in [0.25, 0.3) is 0 Å². The van der Waals surface area contributed by atoms with Gasteiger partial charge in [0.15, 0.2) is 5.41 Å². The summed E-state index contributed by atoms with van der Waals surface area (Å²) in [5.74, 6) is -0.0138. The van der Waals surface area contributed by atoms with Crippen LogP contribution >= 0.6 is 0 Å². The quantitative estimate of drug-likeness (QED) is 0.739. The Hall–Kier alpha value is -2.06. The molecule has 0 fully saturated rings. The first-order chi connectivity index (χ1) is 9.17. The number of rotatable bonds is 2. The zero-order valence-corrected chi connectivity index (χ0v) is 11.4. The second kappa shape index (κ2) is 5.29. The molecular formula is C17H18N2. The number of nitrogens with zero attached hydrogens (tertiary/aromatic N) is 2. The Morgan fingerprint density at radius 3 is 2.37 bits per heavy atom. The molecule has 0 aliphatic heterocycles. The zero-order chi connectivity index (χ0) is 13.9. The summed E-state index contributed by atoms with van der Waals surface area (Å²) in [5, 5.41) is 19.3. The molecule has 0 amide bonds. The minimum atomic E-state index is -0.935. The van der Waals surface area contributed by atoms with Gasteiger partial charge in [-0.2, -0.15) is 10.5 Å². The molecule has 0 heterocycles. The third kappa shape index (κ3) is 2.15. The molecule has 2 rings (SSSR count). The molecule has 0 aromatic heterocycles. The largest absolute Gasteiger partial charge is 0.197 e. The number of hydrogen-bond acceptors (Lipinski definition) is 2. The van der Waals surface area contributed by atoms with Crippen LogP contribution in [0.5, 0.6) is 0 Å². The molecule has 1 aliphatic rings. The number of hydrogen-bond donors (Lipinski definition) is 0. The summed E-state index contributed by atoms with van der Waals surface area (Å²) >= 11 is 0. The lowest BCUT2D eigenvalue weighted by atomic mass is 9.60. The van der Waals surface area contributed by atoms with Gasteiger partial charge in [0.2, 0.25) is 0 Å². The van der Waals surface area contributed by atoms with Gasteiger partial charge in [-0.1, -0.05) is 55.3 Å². The van der Waals surface area contributed by atoms with Crippen LogP contribution in [0.2, 0.25) is 0 Å². The van der Waals surface area contributed by atoms with Gasteiger partial charge >= 0.3 is 0 Å². The third-order valence-corrected chi connectivity index (χ3v) is 4.18. The average molecular weight is 250 g/mol. The van der Waals surface area contributed by atoms with Crippen molar-refractivity contribution >= 4 is 0 Å². The summed E-state index contributed by atoms with van der Waals surface area (Å²) in [6, 6.07) is 14.6. The van der Waals surface area contributed by atoms with E-state index in [0.29, 0.717) is 0 Å². The Balaban J connectivity index is 2.58. The zero-order valence-electron chi connectivity index (χ0n) is 11.4. The van der Waals surface area contributed by atoms with Gasteiger partial charge in [-0.15, -0.1) is 0 Å². The first-order valence-corrected chi connectivity index (χ1v) is 6.72. The summed E-state index contributed by atoms with van der Waals surface area (Å²) in [7, 11) is 0. The Labute approximate surface area is 115 Å². The van der Waals surface area contributed by atoms with Gasteiger partial charge in [-0.05, 0) is 24.8 Å². The minimum absolute atomic E-state index is 0.109. The maximum Gasteiger partial charge on any atom is 0.157 e. The normalized spacial score (nSPS) is 24.9. The van der Waals surface area contributed by atoms with E-state index in [1.54, 1.807) is 0 Å². The highest BCUT2D eigenvalue weighted by molar-refractivity contribution is 5.39. The van der Waals surface area contributed by atoms with Crippen molar-refractivity contribution in [2.24, 2.45) is 11.3 Å². The monoisotopic (exact) mass is 250 g/mol. The molecule has 2 nitrogen and oxygen atoms in total. The molecule has 96 valence electrons. The lowest BCUT2D eigenvalue weighted by Gasteiger charge is -2.38. The Morgan fingerprint density at radius 1 is 1.21 bits per heavy atom. The van der Waals surface area contributed by atoms with Crippen LogP contribution in [0.3, 0.4) is 0 Å². The van der Waals surface area contributed by atoms with Gasteiger partial charge < -0.3 is 0 Å². The molecule has 1 aliphatic carbocycles. The summed E-state index contributed by atoms with van der Waals surface area (Å²) < 4.78 is 0. The van der Waals surface area contributed by atoms with Crippen molar-refractivity contribution in [1.82, 2.24) is 0 Å². The van der Waals surface area contributed by atoms with Crippen LogP contribution < -0.4 is 0 Å². The highest BCUT2D eigenvalue weighted by atomic mass is 14.5. The predicted molar refractivity (Wildman–Crippen MR) is 75.0 cm³/mol. The van der Waals surface area contributed by atoms with Crippen LogP contribution in [-0.2, 0) is 0 Å². The van der Waals surface area contributed by atoms with Crippen molar-refractivity contribution in [1.29, 1.82) is 10.5 Å². The second-order valence-electron chi connectivity index (χ2n) is 5.30. The molecule has 0 saturated heterocycles. The van der Waals surface area contributed by atoms with Crippen LogP contribution in [0, 0.1) is 34.0 Å². The maximum absolute atomic E-state index is 9.66. The smallest absolute Gasteiger partial charge is 0.157 e. The lowest BCUT2D eigenvalue weighted by Crippen LogP contribution is -2.36. The SMILES string of the molecule is CC[C@@H]1CC(C)=C[C@@H](c2ccccc2)C1(C#N)C#N. The Kier molecular flexibility index (Phi) is 3.72. The van der Waals surface area contributed by atoms with E-state index in [9.17, 15) is 10.5 Å². The average Bonchev–Trinajstić information content (AvgIpc) is 2.47. The molecule has 0 bridgehead atoms. The van der Waals surface area contributed by atoms with Crippen LogP contribution in [0.25, 0.3) is 0 Å². The topological polar surface area (TPSA) is 47.6 Å². The predicted octanol–water partition coefficient (Wildman–Crippen LogP) is 4.18. The van der Waals surface area contributed by atoms with E-state index in [2.05, 4.69) is 32.1 Å². The molecule has 0 N–H and O–H groups in total. The van der Waals surface area contributed by atoms with Gasteiger partial charge in [0.05, 0.1) is 12.1 Å². The number of nitriles is 2. The maximum atomic E-state index is 9.66. The summed E-state index contributed by atoms with van der Waals surface area (Å²) in [4.78, 5) is 0. The molecule has 0 unspecified atom stereocenters. The van der Waals surface area contributed by atoms with Crippen molar-refractivity contribution in [3.63, 3.8) is 0 Å². The van der Waals surface area contributed by atoms with Crippen molar-refractivity contribution < 1.29 is 0 Å². The Bertz CT molecular complexity index is 543. The van der Waals surface area contributed by atoms with E-state index >= 15 is 0 Å². The molecule has 19 heavy (non-hydrogen) atoms. The fraction of sp³-hybridized carbons (Fsp3) is 0.412. The molecule has 0 saturated carbocycles. The fourth-order valence-corrected chi connectivity index (χ4v) is 3.12. The van der Waals surface area contributed by atoms with Crippen molar-refractivity contribution in [2.45, 2.75) is 32.6 Å². The van der Waals surface area contributed by atoms with Gasteiger partial charge in [0.1, 0.15) is 0 Å². The molecule has 1 aromatic rings. The van der Waals surface area contributed by atoms with E-state index in [0.717, 1.165) is 18.4 Å². The fourth-order valence-electron chi connectivity index (χ4n) is 3.12. The molecule has 2 heteroatoms. The minimum Gasteiger partial charge on any atom is -0.197 e. The first kappa shape index (κ1) is 13.4. The van der Waals surface area contributed by atoms with Crippen LogP contribution in [0.1, 0.15) is 38.2 Å². The molecule has 2 atom stereocenters. The third-order valence-electron chi connectivity index (χ3n) is 4.18. The lowest BCUT2D eigenvalue weighted by molar-refractivity contribution is 0.260. The van der Waals surface area contributed by atoms with Crippen molar-refractivity contribution in [3.8, 4) is 12.1 Å².